The maximum absolute atomic E-state index is 5.22. The van der Waals surface area contributed by atoms with Crippen molar-refractivity contribution < 1.29 is 4.74 Å². The zero-order valence-electron chi connectivity index (χ0n) is 11.3. The van der Waals surface area contributed by atoms with Crippen molar-refractivity contribution in [1.29, 1.82) is 0 Å². The predicted molar refractivity (Wildman–Crippen MR) is 78.5 cm³/mol. The van der Waals surface area contributed by atoms with Crippen LogP contribution in [-0.2, 0) is 17.9 Å². The molecule has 1 aromatic rings. The molecule has 1 heterocycles. The number of rotatable bonds is 4. The van der Waals surface area contributed by atoms with Gasteiger partial charge in [0.05, 0.1) is 6.61 Å². The molecule has 0 amide bonds. The number of nitrogens with zero attached hydrogens (tertiary/aromatic N) is 1. The molecule has 0 atom stereocenters. The quantitative estimate of drug-likeness (QED) is 0.838. The Balaban J connectivity index is 1.98. The van der Waals surface area contributed by atoms with Gasteiger partial charge in [-0.1, -0.05) is 35.0 Å². The van der Waals surface area contributed by atoms with Gasteiger partial charge in [0.15, 0.2) is 0 Å². The number of halogens is 1. The Morgan fingerprint density at radius 2 is 2.06 bits per heavy atom. The van der Waals surface area contributed by atoms with Gasteiger partial charge >= 0.3 is 0 Å². The minimum atomic E-state index is 0.672. The molecule has 0 aliphatic carbocycles. The summed E-state index contributed by atoms with van der Waals surface area (Å²) < 4.78 is 6.36. The third-order valence-electron chi connectivity index (χ3n) is 3.69. The summed E-state index contributed by atoms with van der Waals surface area (Å²) >= 11 is 3.57. The Morgan fingerprint density at radius 1 is 1.33 bits per heavy atom. The van der Waals surface area contributed by atoms with E-state index in [0.717, 1.165) is 16.9 Å². The first-order chi connectivity index (χ1) is 8.69. The van der Waals surface area contributed by atoms with Crippen LogP contribution < -0.4 is 0 Å². The third-order valence-corrected chi connectivity index (χ3v) is 4.47. The fourth-order valence-electron chi connectivity index (χ4n) is 2.47. The molecule has 1 aliphatic rings. The van der Waals surface area contributed by atoms with E-state index in [9.17, 15) is 0 Å². The number of piperidine rings is 1. The Labute approximate surface area is 118 Å². The van der Waals surface area contributed by atoms with E-state index in [1.54, 1.807) is 7.11 Å². The Kier molecular flexibility index (Phi) is 5.22. The fraction of sp³-hybridized carbons (Fsp3) is 0.600. The van der Waals surface area contributed by atoms with Crippen LogP contribution in [0.1, 0.15) is 30.9 Å². The summed E-state index contributed by atoms with van der Waals surface area (Å²) in [5.41, 5.74) is 2.63. The monoisotopic (exact) mass is 311 g/mol. The van der Waals surface area contributed by atoms with E-state index in [1.165, 1.54) is 37.1 Å². The smallest absolute Gasteiger partial charge is 0.0724 e. The highest BCUT2D eigenvalue weighted by Crippen LogP contribution is 2.22. The maximum atomic E-state index is 5.22. The summed E-state index contributed by atoms with van der Waals surface area (Å²) in [6.07, 6.45) is 2.67. The van der Waals surface area contributed by atoms with Gasteiger partial charge in [-0.3, -0.25) is 4.90 Å². The van der Waals surface area contributed by atoms with Crippen molar-refractivity contribution >= 4 is 15.9 Å². The van der Waals surface area contributed by atoms with Crippen LogP contribution in [0.25, 0.3) is 0 Å². The molecule has 0 bridgehead atoms. The van der Waals surface area contributed by atoms with E-state index >= 15 is 0 Å². The molecule has 1 saturated heterocycles. The summed E-state index contributed by atoms with van der Waals surface area (Å²) in [7, 11) is 1.74. The van der Waals surface area contributed by atoms with Crippen molar-refractivity contribution in [2.24, 2.45) is 5.92 Å². The largest absolute Gasteiger partial charge is 0.380 e. The van der Waals surface area contributed by atoms with Crippen molar-refractivity contribution in [2.45, 2.75) is 32.9 Å². The van der Waals surface area contributed by atoms with E-state index in [0.29, 0.717) is 6.61 Å². The van der Waals surface area contributed by atoms with Gasteiger partial charge in [-0.15, -0.1) is 0 Å². The summed E-state index contributed by atoms with van der Waals surface area (Å²) in [6, 6.07) is 6.60. The van der Waals surface area contributed by atoms with Crippen LogP contribution in [0.15, 0.2) is 22.7 Å². The number of hydrogen-bond donors (Lipinski definition) is 0. The lowest BCUT2D eigenvalue weighted by Gasteiger charge is -2.30. The fourth-order valence-corrected chi connectivity index (χ4v) is 2.83. The van der Waals surface area contributed by atoms with Gasteiger partial charge in [-0.05, 0) is 49.0 Å². The summed E-state index contributed by atoms with van der Waals surface area (Å²) in [6.45, 7) is 6.56. The average molecular weight is 312 g/mol. The van der Waals surface area contributed by atoms with Crippen molar-refractivity contribution in [3.8, 4) is 0 Å². The van der Waals surface area contributed by atoms with E-state index in [-0.39, 0.29) is 0 Å². The molecule has 0 radical (unpaired) electrons. The van der Waals surface area contributed by atoms with E-state index in [1.807, 2.05) is 0 Å². The van der Waals surface area contributed by atoms with Crippen molar-refractivity contribution in [3.05, 3.63) is 33.8 Å². The molecule has 18 heavy (non-hydrogen) atoms. The van der Waals surface area contributed by atoms with Crippen molar-refractivity contribution in [2.75, 3.05) is 20.2 Å². The Hall–Kier alpha value is -0.380. The lowest BCUT2D eigenvalue weighted by atomic mass is 9.99. The molecule has 0 saturated carbocycles. The van der Waals surface area contributed by atoms with Gasteiger partial charge in [0, 0.05) is 18.1 Å². The zero-order chi connectivity index (χ0) is 13.0. The summed E-state index contributed by atoms with van der Waals surface area (Å²) in [5.74, 6) is 0.898. The highest BCUT2D eigenvalue weighted by Gasteiger charge is 2.15. The minimum Gasteiger partial charge on any atom is -0.380 e. The SMILES string of the molecule is COCc1cc(CN2CCC(C)CC2)ccc1Br. The van der Waals surface area contributed by atoms with Crippen LogP contribution in [-0.4, -0.2) is 25.1 Å². The molecule has 2 nitrogen and oxygen atoms in total. The van der Waals surface area contributed by atoms with Gasteiger partial charge in [-0.25, -0.2) is 0 Å². The van der Waals surface area contributed by atoms with Gasteiger partial charge in [0.25, 0.3) is 0 Å². The molecular weight excluding hydrogens is 290 g/mol. The van der Waals surface area contributed by atoms with E-state index < -0.39 is 0 Å². The molecule has 0 unspecified atom stereocenters. The van der Waals surface area contributed by atoms with Gasteiger partial charge < -0.3 is 4.74 Å². The second-order valence-corrected chi connectivity index (χ2v) is 6.17. The summed E-state index contributed by atoms with van der Waals surface area (Å²) in [5, 5.41) is 0. The number of methoxy groups -OCH3 is 1. The molecule has 1 aliphatic heterocycles. The highest BCUT2D eigenvalue weighted by atomic mass is 79.9. The summed E-state index contributed by atoms with van der Waals surface area (Å²) in [4.78, 5) is 2.56. The van der Waals surface area contributed by atoms with Crippen LogP contribution in [0, 0.1) is 5.92 Å². The first kappa shape index (κ1) is 14.0. The Morgan fingerprint density at radius 3 is 2.72 bits per heavy atom. The lowest BCUT2D eigenvalue weighted by Crippen LogP contribution is -2.32. The van der Waals surface area contributed by atoms with Crippen molar-refractivity contribution in [3.63, 3.8) is 0 Å². The minimum absolute atomic E-state index is 0.672. The topological polar surface area (TPSA) is 12.5 Å². The van der Waals surface area contributed by atoms with Crippen LogP contribution in [0.2, 0.25) is 0 Å². The van der Waals surface area contributed by atoms with Crippen LogP contribution in [0.4, 0.5) is 0 Å². The molecular formula is C15H22BrNO. The predicted octanol–water partition coefficient (Wildman–Crippen LogP) is 3.83. The molecule has 3 heteroatoms. The molecule has 0 spiro atoms. The molecule has 0 N–H and O–H groups in total. The second kappa shape index (κ2) is 6.69. The number of likely N-dealkylation sites (tertiary alicyclic amines) is 1. The molecule has 1 aromatic carbocycles. The van der Waals surface area contributed by atoms with Crippen LogP contribution in [0.3, 0.4) is 0 Å². The van der Waals surface area contributed by atoms with Gasteiger partial charge in [-0.2, -0.15) is 0 Å². The first-order valence-corrected chi connectivity index (χ1v) is 7.47. The first-order valence-electron chi connectivity index (χ1n) is 6.67. The molecule has 0 aromatic heterocycles. The standard InChI is InChI=1S/C15H22BrNO/c1-12-5-7-17(8-6-12)10-13-3-4-15(16)14(9-13)11-18-2/h3-4,9,12H,5-8,10-11H2,1-2H3. The van der Waals surface area contributed by atoms with E-state index in [2.05, 4.69) is 46.0 Å². The van der Waals surface area contributed by atoms with Crippen LogP contribution in [0.5, 0.6) is 0 Å². The Bertz CT molecular complexity index is 386. The van der Waals surface area contributed by atoms with Gasteiger partial charge in [0.2, 0.25) is 0 Å². The maximum Gasteiger partial charge on any atom is 0.0724 e. The van der Waals surface area contributed by atoms with Crippen LogP contribution >= 0.6 is 15.9 Å². The average Bonchev–Trinajstić information content (AvgIpc) is 2.37. The molecule has 100 valence electrons. The molecule has 1 fully saturated rings. The second-order valence-electron chi connectivity index (χ2n) is 5.32. The molecule has 2 rings (SSSR count). The van der Waals surface area contributed by atoms with E-state index in [4.69, 9.17) is 4.74 Å². The zero-order valence-corrected chi connectivity index (χ0v) is 12.9. The van der Waals surface area contributed by atoms with Gasteiger partial charge in [0.1, 0.15) is 0 Å². The number of benzene rings is 1. The number of ether oxygens (including phenoxy) is 1. The third kappa shape index (κ3) is 3.81. The lowest BCUT2D eigenvalue weighted by molar-refractivity contribution is 0.181. The number of hydrogen-bond acceptors (Lipinski definition) is 2. The normalized spacial score (nSPS) is 18.2. The highest BCUT2D eigenvalue weighted by molar-refractivity contribution is 9.10. The van der Waals surface area contributed by atoms with Crippen molar-refractivity contribution in [1.82, 2.24) is 4.90 Å².